The highest BCUT2D eigenvalue weighted by Gasteiger charge is 2.23. The van der Waals surface area contributed by atoms with Gasteiger partial charge >= 0.3 is 0 Å². The molecule has 94 valence electrons. The minimum absolute atomic E-state index is 0.212. The number of aliphatic hydroxyl groups is 1. The molecule has 1 amide bonds. The van der Waals surface area contributed by atoms with E-state index in [9.17, 15) is 9.90 Å². The molecular weight excluding hydrogens is 286 g/mol. The Hall–Kier alpha value is -0.810. The van der Waals surface area contributed by atoms with Crippen molar-refractivity contribution in [2.24, 2.45) is 5.92 Å². The topological polar surface area (TPSA) is 62.5 Å². The molecule has 0 aromatic carbocycles. The summed E-state index contributed by atoms with van der Waals surface area (Å²) < 4.78 is 5.51. The van der Waals surface area contributed by atoms with Crippen molar-refractivity contribution < 1.29 is 14.3 Å². The number of amides is 1. The maximum absolute atomic E-state index is 11.7. The van der Waals surface area contributed by atoms with Gasteiger partial charge in [0.15, 0.2) is 4.67 Å². The molecule has 0 spiro atoms. The van der Waals surface area contributed by atoms with Crippen molar-refractivity contribution in [1.29, 1.82) is 0 Å². The molecule has 2 N–H and O–H groups in total. The Balaban J connectivity index is 1.79. The molecule has 5 heteroatoms. The van der Waals surface area contributed by atoms with Gasteiger partial charge in [-0.15, -0.1) is 0 Å². The van der Waals surface area contributed by atoms with Gasteiger partial charge in [-0.05, 0) is 34.7 Å². The van der Waals surface area contributed by atoms with Gasteiger partial charge in [-0.1, -0.05) is 12.8 Å². The Labute approximate surface area is 109 Å². The Morgan fingerprint density at radius 3 is 2.88 bits per heavy atom. The van der Waals surface area contributed by atoms with Crippen LogP contribution in [0.2, 0.25) is 0 Å². The lowest BCUT2D eigenvalue weighted by Crippen LogP contribution is -2.35. The van der Waals surface area contributed by atoms with E-state index in [4.69, 9.17) is 4.42 Å². The summed E-state index contributed by atoms with van der Waals surface area (Å²) in [5.41, 5.74) is 0.468. The van der Waals surface area contributed by atoms with Crippen molar-refractivity contribution in [3.8, 4) is 0 Å². The highest BCUT2D eigenvalue weighted by Crippen LogP contribution is 2.27. The summed E-state index contributed by atoms with van der Waals surface area (Å²) in [6, 6.07) is 1.61. The van der Waals surface area contributed by atoms with Crippen LogP contribution in [0.4, 0.5) is 0 Å². The van der Waals surface area contributed by atoms with Gasteiger partial charge in [0.25, 0.3) is 5.91 Å². The highest BCUT2D eigenvalue weighted by atomic mass is 79.9. The first-order valence-electron chi connectivity index (χ1n) is 5.87. The van der Waals surface area contributed by atoms with Gasteiger partial charge in [-0.3, -0.25) is 4.79 Å². The van der Waals surface area contributed by atoms with Crippen LogP contribution in [-0.4, -0.2) is 23.7 Å². The zero-order valence-corrected chi connectivity index (χ0v) is 11.1. The maximum atomic E-state index is 11.7. The number of carbonyl (C=O) groups is 1. The third kappa shape index (κ3) is 3.33. The smallest absolute Gasteiger partial charge is 0.254 e. The molecule has 1 aliphatic carbocycles. The van der Waals surface area contributed by atoms with Crippen LogP contribution in [-0.2, 0) is 0 Å². The second kappa shape index (κ2) is 5.69. The van der Waals surface area contributed by atoms with Gasteiger partial charge in [-0.2, -0.15) is 0 Å². The fourth-order valence-electron chi connectivity index (χ4n) is 2.24. The lowest BCUT2D eigenvalue weighted by Gasteiger charge is -2.17. The Bertz CT molecular complexity index is 385. The molecule has 17 heavy (non-hydrogen) atoms. The largest absolute Gasteiger partial charge is 0.457 e. The molecule has 1 atom stereocenters. The summed E-state index contributed by atoms with van der Waals surface area (Å²) in [6.45, 7) is 0.312. The SMILES string of the molecule is O=C(NCC(O)C1CCCC1)c1coc(Br)c1. The second-order valence-electron chi connectivity index (χ2n) is 4.46. The summed E-state index contributed by atoms with van der Waals surface area (Å²) in [5, 5.41) is 12.6. The van der Waals surface area contributed by atoms with Crippen LogP contribution in [0.1, 0.15) is 36.0 Å². The summed E-state index contributed by atoms with van der Waals surface area (Å²) in [5.74, 6) is 0.128. The van der Waals surface area contributed by atoms with Crippen LogP contribution in [0.5, 0.6) is 0 Å². The Morgan fingerprint density at radius 2 is 2.29 bits per heavy atom. The number of hydrogen-bond acceptors (Lipinski definition) is 3. The van der Waals surface area contributed by atoms with Gasteiger partial charge < -0.3 is 14.8 Å². The lowest BCUT2D eigenvalue weighted by molar-refractivity contribution is 0.0840. The van der Waals surface area contributed by atoms with Crippen LogP contribution in [0, 0.1) is 5.92 Å². The van der Waals surface area contributed by atoms with E-state index in [1.807, 2.05) is 0 Å². The van der Waals surface area contributed by atoms with E-state index in [1.165, 1.54) is 19.1 Å². The minimum atomic E-state index is -0.434. The molecule has 1 aromatic rings. The van der Waals surface area contributed by atoms with Crippen LogP contribution in [0.15, 0.2) is 21.4 Å². The fraction of sp³-hybridized carbons (Fsp3) is 0.583. The third-order valence-corrected chi connectivity index (χ3v) is 3.66. The molecule has 0 bridgehead atoms. The van der Waals surface area contributed by atoms with Crippen LogP contribution in [0.25, 0.3) is 0 Å². The van der Waals surface area contributed by atoms with Gasteiger partial charge in [-0.25, -0.2) is 0 Å². The summed E-state index contributed by atoms with van der Waals surface area (Å²) in [4.78, 5) is 11.7. The predicted octanol–water partition coefficient (Wildman–Crippen LogP) is 2.32. The molecule has 1 fully saturated rings. The number of rotatable bonds is 4. The first-order valence-corrected chi connectivity index (χ1v) is 6.66. The van der Waals surface area contributed by atoms with Gasteiger partial charge in [0.2, 0.25) is 0 Å². The van der Waals surface area contributed by atoms with Crippen LogP contribution < -0.4 is 5.32 Å². The van der Waals surface area contributed by atoms with Gasteiger partial charge in [0, 0.05) is 12.6 Å². The van der Waals surface area contributed by atoms with E-state index in [-0.39, 0.29) is 5.91 Å². The van der Waals surface area contributed by atoms with E-state index in [2.05, 4.69) is 21.2 Å². The number of furan rings is 1. The molecule has 1 saturated carbocycles. The van der Waals surface area contributed by atoms with Gasteiger partial charge in [0.1, 0.15) is 6.26 Å². The number of carbonyl (C=O) groups excluding carboxylic acids is 1. The van der Waals surface area contributed by atoms with Crippen molar-refractivity contribution in [3.05, 3.63) is 22.6 Å². The first kappa shape index (κ1) is 12.6. The monoisotopic (exact) mass is 301 g/mol. The number of nitrogens with one attached hydrogen (secondary N) is 1. The molecule has 0 aliphatic heterocycles. The van der Waals surface area contributed by atoms with Crippen molar-refractivity contribution in [2.75, 3.05) is 6.54 Å². The molecule has 1 unspecified atom stereocenters. The average molecular weight is 302 g/mol. The highest BCUT2D eigenvalue weighted by molar-refractivity contribution is 9.10. The predicted molar refractivity (Wildman–Crippen MR) is 66.7 cm³/mol. The van der Waals surface area contributed by atoms with Gasteiger partial charge in [0.05, 0.1) is 11.7 Å². The van der Waals surface area contributed by atoms with Crippen molar-refractivity contribution in [3.63, 3.8) is 0 Å². The molecule has 4 nitrogen and oxygen atoms in total. The summed E-state index contributed by atoms with van der Waals surface area (Å²) in [7, 11) is 0. The molecule has 0 saturated heterocycles. The van der Waals surface area contributed by atoms with Crippen LogP contribution in [0.3, 0.4) is 0 Å². The summed E-state index contributed by atoms with van der Waals surface area (Å²) in [6.07, 6.45) is 5.45. The number of aliphatic hydroxyl groups excluding tert-OH is 1. The Morgan fingerprint density at radius 1 is 1.59 bits per heavy atom. The van der Waals surface area contributed by atoms with Crippen molar-refractivity contribution in [2.45, 2.75) is 31.8 Å². The first-order chi connectivity index (χ1) is 8.16. The van der Waals surface area contributed by atoms with Crippen LogP contribution >= 0.6 is 15.9 Å². The average Bonchev–Trinajstić information content (AvgIpc) is 2.95. The molecular formula is C12H16BrNO3. The molecule has 2 rings (SSSR count). The maximum Gasteiger partial charge on any atom is 0.254 e. The third-order valence-electron chi connectivity index (χ3n) is 3.25. The fourth-order valence-corrected chi connectivity index (χ4v) is 2.58. The van der Waals surface area contributed by atoms with E-state index in [0.29, 0.717) is 22.7 Å². The van der Waals surface area contributed by atoms with E-state index in [1.54, 1.807) is 6.07 Å². The van der Waals surface area contributed by atoms with E-state index < -0.39 is 6.10 Å². The lowest BCUT2D eigenvalue weighted by atomic mass is 10.0. The Kier molecular flexibility index (Phi) is 4.23. The summed E-state index contributed by atoms with van der Waals surface area (Å²) >= 11 is 3.14. The normalized spacial score (nSPS) is 18.2. The zero-order chi connectivity index (χ0) is 12.3. The van der Waals surface area contributed by atoms with E-state index in [0.717, 1.165) is 12.8 Å². The standard InChI is InChI=1S/C12H16BrNO3/c13-11-5-9(7-17-11)12(16)14-6-10(15)8-3-1-2-4-8/h5,7-8,10,15H,1-4,6H2,(H,14,16). The molecule has 1 aromatic heterocycles. The van der Waals surface area contributed by atoms with Crippen molar-refractivity contribution >= 4 is 21.8 Å². The quantitative estimate of drug-likeness (QED) is 0.897. The number of halogens is 1. The molecule has 1 aliphatic rings. The minimum Gasteiger partial charge on any atom is -0.457 e. The van der Waals surface area contributed by atoms with E-state index >= 15 is 0 Å². The molecule has 1 heterocycles. The van der Waals surface area contributed by atoms with Crippen molar-refractivity contribution in [1.82, 2.24) is 5.32 Å². The molecule has 0 radical (unpaired) electrons. The zero-order valence-electron chi connectivity index (χ0n) is 9.49. The number of hydrogen-bond donors (Lipinski definition) is 2. The second-order valence-corrected chi connectivity index (χ2v) is 5.24.